The molecule has 0 aliphatic rings. The van der Waals surface area contributed by atoms with Gasteiger partial charge in [0.2, 0.25) is 0 Å². The molecular formula is C13H16N4O. The Balaban J connectivity index is 1.87. The van der Waals surface area contributed by atoms with Crippen LogP contribution in [0.2, 0.25) is 0 Å². The summed E-state index contributed by atoms with van der Waals surface area (Å²) in [6, 6.07) is 1.83. The second-order valence-electron chi connectivity index (χ2n) is 4.25. The number of nitrogens with zero attached hydrogens (tertiary/aromatic N) is 3. The van der Waals surface area contributed by atoms with Crippen molar-refractivity contribution in [1.82, 2.24) is 19.9 Å². The summed E-state index contributed by atoms with van der Waals surface area (Å²) in [5, 5.41) is 2.87. The molecule has 0 fully saturated rings. The molecule has 0 atom stereocenters. The Kier molecular flexibility index (Phi) is 3.72. The molecule has 5 nitrogen and oxygen atoms in total. The highest BCUT2D eigenvalue weighted by Crippen LogP contribution is 2.01. The molecule has 0 spiro atoms. The molecule has 0 radical (unpaired) electrons. The highest BCUT2D eigenvalue weighted by molar-refractivity contribution is 5.93. The van der Waals surface area contributed by atoms with Crippen LogP contribution >= 0.6 is 0 Å². The van der Waals surface area contributed by atoms with Gasteiger partial charge >= 0.3 is 0 Å². The van der Waals surface area contributed by atoms with Crippen molar-refractivity contribution in [2.45, 2.75) is 13.3 Å². The summed E-state index contributed by atoms with van der Waals surface area (Å²) in [5.74, 6) is -0.0895. The smallest absolute Gasteiger partial charge is 0.252 e. The number of pyridine rings is 1. The van der Waals surface area contributed by atoms with Gasteiger partial charge in [-0.2, -0.15) is 0 Å². The van der Waals surface area contributed by atoms with Crippen molar-refractivity contribution in [2.75, 3.05) is 6.54 Å². The maximum atomic E-state index is 11.8. The van der Waals surface area contributed by atoms with E-state index in [-0.39, 0.29) is 5.91 Å². The fourth-order valence-corrected chi connectivity index (χ4v) is 1.71. The largest absolute Gasteiger partial charge is 0.352 e. The second-order valence-corrected chi connectivity index (χ2v) is 4.25. The number of nitrogens with one attached hydrogen (secondary N) is 1. The zero-order valence-electron chi connectivity index (χ0n) is 10.6. The average molecular weight is 244 g/mol. The van der Waals surface area contributed by atoms with E-state index in [1.807, 2.05) is 24.6 Å². The maximum absolute atomic E-state index is 11.8. The van der Waals surface area contributed by atoms with E-state index in [1.54, 1.807) is 24.9 Å². The SMILES string of the molecule is Cc1cncc(C(=O)NCCc2cncn2C)c1. The molecule has 94 valence electrons. The zero-order valence-corrected chi connectivity index (χ0v) is 10.6. The monoisotopic (exact) mass is 244 g/mol. The summed E-state index contributed by atoms with van der Waals surface area (Å²) in [6.45, 7) is 2.51. The van der Waals surface area contributed by atoms with Crippen LogP contribution in [-0.2, 0) is 13.5 Å². The van der Waals surface area contributed by atoms with Gasteiger partial charge in [0.1, 0.15) is 0 Å². The van der Waals surface area contributed by atoms with Crippen LogP contribution in [-0.4, -0.2) is 27.0 Å². The fraction of sp³-hybridized carbons (Fsp3) is 0.308. The third-order valence-electron chi connectivity index (χ3n) is 2.72. The van der Waals surface area contributed by atoms with Crippen molar-refractivity contribution in [3.05, 3.63) is 47.8 Å². The van der Waals surface area contributed by atoms with E-state index in [0.29, 0.717) is 12.1 Å². The van der Waals surface area contributed by atoms with Gasteiger partial charge in [-0.05, 0) is 18.6 Å². The number of hydrogen-bond acceptors (Lipinski definition) is 3. The van der Waals surface area contributed by atoms with E-state index in [4.69, 9.17) is 0 Å². The highest BCUT2D eigenvalue weighted by atomic mass is 16.1. The van der Waals surface area contributed by atoms with Crippen molar-refractivity contribution >= 4 is 5.91 Å². The van der Waals surface area contributed by atoms with Gasteiger partial charge in [-0.15, -0.1) is 0 Å². The molecule has 0 aromatic carbocycles. The van der Waals surface area contributed by atoms with E-state index in [1.165, 1.54) is 0 Å². The molecule has 0 bridgehead atoms. The first-order valence-electron chi connectivity index (χ1n) is 5.82. The lowest BCUT2D eigenvalue weighted by Gasteiger charge is -2.06. The van der Waals surface area contributed by atoms with Crippen molar-refractivity contribution < 1.29 is 4.79 Å². The van der Waals surface area contributed by atoms with Crippen molar-refractivity contribution in [2.24, 2.45) is 7.05 Å². The molecule has 2 heterocycles. The topological polar surface area (TPSA) is 59.8 Å². The fourth-order valence-electron chi connectivity index (χ4n) is 1.71. The van der Waals surface area contributed by atoms with Crippen LogP contribution in [0.1, 0.15) is 21.6 Å². The van der Waals surface area contributed by atoms with Gasteiger partial charge in [0, 0.05) is 44.3 Å². The Morgan fingerprint density at radius 2 is 2.17 bits per heavy atom. The van der Waals surface area contributed by atoms with Gasteiger partial charge in [-0.1, -0.05) is 0 Å². The lowest BCUT2D eigenvalue weighted by atomic mass is 10.2. The van der Waals surface area contributed by atoms with Crippen LogP contribution in [0.4, 0.5) is 0 Å². The predicted molar refractivity (Wildman–Crippen MR) is 68.2 cm³/mol. The molecule has 0 aliphatic heterocycles. The van der Waals surface area contributed by atoms with E-state index < -0.39 is 0 Å². The number of carbonyl (C=O) groups is 1. The van der Waals surface area contributed by atoms with Crippen LogP contribution in [0.25, 0.3) is 0 Å². The Hall–Kier alpha value is -2.17. The maximum Gasteiger partial charge on any atom is 0.252 e. The van der Waals surface area contributed by atoms with Gasteiger partial charge in [0.15, 0.2) is 0 Å². The van der Waals surface area contributed by atoms with Crippen LogP contribution < -0.4 is 5.32 Å². The number of aryl methyl sites for hydroxylation is 2. The summed E-state index contributed by atoms with van der Waals surface area (Å²) in [7, 11) is 1.94. The van der Waals surface area contributed by atoms with Crippen LogP contribution in [0.5, 0.6) is 0 Å². The molecule has 18 heavy (non-hydrogen) atoms. The molecule has 0 aliphatic carbocycles. The first-order valence-corrected chi connectivity index (χ1v) is 5.82. The zero-order chi connectivity index (χ0) is 13.0. The van der Waals surface area contributed by atoms with Crippen LogP contribution in [0.15, 0.2) is 31.0 Å². The lowest BCUT2D eigenvalue weighted by molar-refractivity contribution is 0.0953. The molecule has 2 aromatic rings. The molecule has 0 saturated carbocycles. The number of rotatable bonds is 4. The van der Waals surface area contributed by atoms with E-state index in [9.17, 15) is 4.79 Å². The number of amides is 1. The predicted octanol–water partition coefficient (Wildman–Crippen LogP) is 1.10. The molecule has 0 saturated heterocycles. The van der Waals surface area contributed by atoms with Crippen molar-refractivity contribution in [3.63, 3.8) is 0 Å². The third-order valence-corrected chi connectivity index (χ3v) is 2.72. The number of aromatic nitrogens is 3. The van der Waals surface area contributed by atoms with Gasteiger partial charge in [-0.3, -0.25) is 9.78 Å². The standard InChI is InChI=1S/C13H16N4O/c1-10-5-11(7-14-6-10)13(18)16-4-3-12-8-15-9-17(12)2/h5-9H,3-4H2,1-2H3,(H,16,18). The second kappa shape index (κ2) is 5.44. The molecule has 1 amide bonds. The van der Waals surface area contributed by atoms with Gasteiger partial charge < -0.3 is 9.88 Å². The molecule has 2 aromatic heterocycles. The van der Waals surface area contributed by atoms with Gasteiger partial charge in [0.25, 0.3) is 5.91 Å². The van der Waals surface area contributed by atoms with Crippen LogP contribution in [0.3, 0.4) is 0 Å². The van der Waals surface area contributed by atoms with Gasteiger partial charge in [-0.25, -0.2) is 4.98 Å². The minimum Gasteiger partial charge on any atom is -0.352 e. The third kappa shape index (κ3) is 2.94. The Morgan fingerprint density at radius 3 is 2.83 bits per heavy atom. The molecule has 0 unspecified atom stereocenters. The molecule has 5 heteroatoms. The lowest BCUT2D eigenvalue weighted by Crippen LogP contribution is -2.26. The summed E-state index contributed by atoms with van der Waals surface area (Å²) in [5.41, 5.74) is 2.67. The Morgan fingerprint density at radius 1 is 1.33 bits per heavy atom. The van der Waals surface area contributed by atoms with Crippen LogP contribution in [0, 0.1) is 6.92 Å². The molecule has 2 rings (SSSR count). The first-order chi connectivity index (χ1) is 8.66. The van der Waals surface area contributed by atoms with Crippen molar-refractivity contribution in [1.29, 1.82) is 0 Å². The number of imidazole rings is 1. The minimum atomic E-state index is -0.0895. The first kappa shape index (κ1) is 12.3. The molecular weight excluding hydrogens is 228 g/mol. The summed E-state index contributed by atoms with van der Waals surface area (Å²) in [6.07, 6.45) is 7.63. The average Bonchev–Trinajstić information content (AvgIpc) is 2.75. The Labute approximate surface area is 106 Å². The van der Waals surface area contributed by atoms with E-state index in [2.05, 4.69) is 15.3 Å². The summed E-state index contributed by atoms with van der Waals surface area (Å²) < 4.78 is 1.94. The number of carbonyl (C=O) groups excluding carboxylic acids is 1. The quantitative estimate of drug-likeness (QED) is 0.876. The minimum absolute atomic E-state index is 0.0895. The van der Waals surface area contributed by atoms with E-state index >= 15 is 0 Å². The Bertz CT molecular complexity index is 547. The normalized spacial score (nSPS) is 10.3. The summed E-state index contributed by atoms with van der Waals surface area (Å²) in [4.78, 5) is 19.9. The van der Waals surface area contributed by atoms with Crippen molar-refractivity contribution in [3.8, 4) is 0 Å². The van der Waals surface area contributed by atoms with Gasteiger partial charge in [0.05, 0.1) is 11.9 Å². The highest BCUT2D eigenvalue weighted by Gasteiger charge is 2.06. The summed E-state index contributed by atoms with van der Waals surface area (Å²) >= 11 is 0. The molecule has 1 N–H and O–H groups in total. The number of hydrogen-bond donors (Lipinski definition) is 1. The van der Waals surface area contributed by atoms with E-state index in [0.717, 1.165) is 17.7 Å².